The van der Waals surface area contributed by atoms with Crippen LogP contribution < -0.4 is 4.90 Å². The number of amides is 1. The van der Waals surface area contributed by atoms with Gasteiger partial charge < -0.3 is 5.11 Å². The summed E-state index contributed by atoms with van der Waals surface area (Å²) in [7, 11) is -3.74. The van der Waals surface area contributed by atoms with Crippen LogP contribution in [-0.2, 0) is 14.6 Å². The molecule has 6 nitrogen and oxygen atoms in total. The molecule has 1 saturated heterocycles. The van der Waals surface area contributed by atoms with E-state index in [1.54, 1.807) is 24.3 Å². The molecule has 1 aliphatic heterocycles. The van der Waals surface area contributed by atoms with Crippen molar-refractivity contribution >= 4 is 43.3 Å². The summed E-state index contributed by atoms with van der Waals surface area (Å²) in [6.07, 6.45) is 0. The lowest BCUT2D eigenvalue weighted by molar-refractivity contribution is -0.115. The van der Waals surface area contributed by atoms with E-state index in [4.69, 9.17) is 5.11 Å². The van der Waals surface area contributed by atoms with Crippen LogP contribution in [0.5, 0.6) is 0 Å². The lowest BCUT2D eigenvalue weighted by Crippen LogP contribution is -2.29. The van der Waals surface area contributed by atoms with E-state index in [0.29, 0.717) is 10.0 Å². The topological polar surface area (TPSA) is 91.8 Å². The minimum Gasteiger partial charge on any atom is -0.478 e. The van der Waals surface area contributed by atoms with Gasteiger partial charge in [-0.2, -0.15) is 0 Å². The number of aromatic carboxylic acids is 1. The molecule has 0 aromatic heterocycles. The summed E-state index contributed by atoms with van der Waals surface area (Å²) in [5.74, 6) is -2.35. The van der Waals surface area contributed by atoms with Crippen LogP contribution in [0.15, 0.2) is 53.0 Å². The number of carbonyl (C=O) groups excluding carboxylic acids is 1. The van der Waals surface area contributed by atoms with E-state index in [2.05, 4.69) is 15.9 Å². The fourth-order valence-electron chi connectivity index (χ4n) is 2.69. The second-order valence-electron chi connectivity index (χ2n) is 5.30. The van der Waals surface area contributed by atoms with Gasteiger partial charge in [0.25, 0.3) is 0 Å². The summed E-state index contributed by atoms with van der Waals surface area (Å²) in [5, 5.41) is 7.93. The highest BCUT2D eigenvalue weighted by molar-refractivity contribution is 9.10. The van der Waals surface area contributed by atoms with Gasteiger partial charge in [0.1, 0.15) is 5.75 Å². The fraction of sp³-hybridized carbons (Fsp3) is 0.125. The average molecular weight is 410 g/mol. The smallest absolute Gasteiger partial charge is 0.335 e. The third-order valence-electron chi connectivity index (χ3n) is 3.71. The number of rotatable bonds is 3. The molecular formula is C16H12BrNO5S. The Morgan fingerprint density at radius 2 is 1.88 bits per heavy atom. The van der Waals surface area contributed by atoms with E-state index in [1.807, 2.05) is 0 Å². The first kappa shape index (κ1) is 16.7. The predicted octanol–water partition coefficient (Wildman–Crippen LogP) is 2.61. The molecule has 1 heterocycles. The van der Waals surface area contributed by atoms with E-state index in [0.717, 1.165) is 4.90 Å². The van der Waals surface area contributed by atoms with Crippen LogP contribution in [0.4, 0.5) is 5.69 Å². The molecule has 0 radical (unpaired) electrons. The molecule has 0 aliphatic carbocycles. The standard InChI is InChI=1S/C16H12BrNO5S/c17-13-7-2-1-6-12(13)15-18(14(19)9-24(15,22)23)11-5-3-4-10(8-11)16(20)21/h1-8,15H,9H2,(H,20,21). The van der Waals surface area contributed by atoms with Gasteiger partial charge in [0.2, 0.25) is 5.91 Å². The Bertz CT molecular complexity index is 941. The molecule has 8 heteroatoms. The normalized spacial score (nSPS) is 19.5. The molecule has 0 saturated carbocycles. The quantitative estimate of drug-likeness (QED) is 0.840. The third kappa shape index (κ3) is 2.83. The van der Waals surface area contributed by atoms with Gasteiger partial charge in [0.05, 0.1) is 5.56 Å². The van der Waals surface area contributed by atoms with E-state index in [1.165, 1.54) is 24.3 Å². The number of benzene rings is 2. The lowest BCUT2D eigenvalue weighted by Gasteiger charge is -2.24. The molecule has 1 aliphatic rings. The number of carboxylic acid groups (broad SMARTS) is 1. The summed E-state index contributed by atoms with van der Waals surface area (Å²) >= 11 is 3.32. The first-order valence-corrected chi connectivity index (χ1v) is 9.43. The van der Waals surface area contributed by atoms with Crippen LogP contribution in [0.3, 0.4) is 0 Å². The molecule has 24 heavy (non-hydrogen) atoms. The molecule has 1 N–H and O–H groups in total. The maximum Gasteiger partial charge on any atom is 0.335 e. The van der Waals surface area contributed by atoms with Crippen molar-refractivity contribution in [1.82, 2.24) is 0 Å². The van der Waals surface area contributed by atoms with Gasteiger partial charge in [0.15, 0.2) is 15.2 Å². The summed E-state index contributed by atoms with van der Waals surface area (Å²) in [5.41, 5.74) is 0.654. The number of sulfone groups is 1. The van der Waals surface area contributed by atoms with Gasteiger partial charge in [0, 0.05) is 15.7 Å². The molecule has 0 bridgehead atoms. The number of carbonyl (C=O) groups is 2. The van der Waals surface area contributed by atoms with Crippen LogP contribution >= 0.6 is 15.9 Å². The highest BCUT2D eigenvalue weighted by atomic mass is 79.9. The Kier molecular flexibility index (Phi) is 4.18. The van der Waals surface area contributed by atoms with E-state index in [-0.39, 0.29) is 11.3 Å². The number of nitrogens with zero attached hydrogens (tertiary/aromatic N) is 1. The first-order chi connectivity index (χ1) is 11.3. The number of hydrogen-bond donors (Lipinski definition) is 1. The summed E-state index contributed by atoms with van der Waals surface area (Å²) in [6, 6.07) is 12.4. The molecule has 2 aromatic carbocycles. The van der Waals surface area contributed by atoms with Crippen LogP contribution in [-0.4, -0.2) is 31.2 Å². The first-order valence-electron chi connectivity index (χ1n) is 6.92. The van der Waals surface area contributed by atoms with E-state index < -0.39 is 32.8 Å². The molecule has 1 fully saturated rings. The van der Waals surface area contributed by atoms with Crippen molar-refractivity contribution in [3.63, 3.8) is 0 Å². The zero-order valence-electron chi connectivity index (χ0n) is 12.2. The monoisotopic (exact) mass is 409 g/mol. The van der Waals surface area contributed by atoms with Crippen LogP contribution in [0.2, 0.25) is 0 Å². The molecule has 2 aromatic rings. The summed E-state index contributed by atoms with van der Waals surface area (Å²) in [6.45, 7) is 0. The SMILES string of the molecule is O=C(O)c1cccc(N2C(=O)CS(=O)(=O)C2c2ccccc2Br)c1. The summed E-state index contributed by atoms with van der Waals surface area (Å²) in [4.78, 5) is 24.6. The van der Waals surface area contributed by atoms with Crippen LogP contribution in [0.25, 0.3) is 0 Å². The van der Waals surface area contributed by atoms with Crippen molar-refractivity contribution in [3.05, 3.63) is 64.1 Å². The number of hydrogen-bond acceptors (Lipinski definition) is 4. The fourth-order valence-corrected chi connectivity index (χ4v) is 5.14. The second-order valence-corrected chi connectivity index (χ2v) is 8.22. The Balaban J connectivity index is 2.18. The van der Waals surface area contributed by atoms with Crippen molar-refractivity contribution < 1.29 is 23.1 Å². The zero-order valence-corrected chi connectivity index (χ0v) is 14.6. The Hall–Kier alpha value is -2.19. The van der Waals surface area contributed by atoms with Gasteiger partial charge in [-0.05, 0) is 24.3 Å². The third-order valence-corrected chi connectivity index (χ3v) is 6.23. The lowest BCUT2D eigenvalue weighted by atomic mass is 10.1. The van der Waals surface area contributed by atoms with Gasteiger partial charge in [-0.25, -0.2) is 13.2 Å². The molecule has 1 atom stereocenters. The molecule has 1 unspecified atom stereocenters. The van der Waals surface area contributed by atoms with Gasteiger partial charge >= 0.3 is 5.97 Å². The van der Waals surface area contributed by atoms with Crippen molar-refractivity contribution in [1.29, 1.82) is 0 Å². The summed E-state index contributed by atoms with van der Waals surface area (Å²) < 4.78 is 25.6. The second kappa shape index (κ2) is 6.03. The highest BCUT2D eigenvalue weighted by Crippen LogP contribution is 2.40. The predicted molar refractivity (Wildman–Crippen MR) is 91.6 cm³/mol. The maximum atomic E-state index is 12.5. The largest absolute Gasteiger partial charge is 0.478 e. The molecule has 3 rings (SSSR count). The van der Waals surface area contributed by atoms with Crippen LogP contribution in [0.1, 0.15) is 21.3 Å². The number of halogens is 1. The Morgan fingerprint density at radius 1 is 1.17 bits per heavy atom. The molecule has 0 spiro atoms. The van der Waals surface area contributed by atoms with Crippen molar-refractivity contribution in [2.45, 2.75) is 5.37 Å². The van der Waals surface area contributed by atoms with Gasteiger partial charge in [-0.15, -0.1) is 0 Å². The van der Waals surface area contributed by atoms with Gasteiger partial charge in [-0.1, -0.05) is 40.2 Å². The highest BCUT2D eigenvalue weighted by Gasteiger charge is 2.46. The van der Waals surface area contributed by atoms with Crippen molar-refractivity contribution in [2.24, 2.45) is 0 Å². The zero-order chi connectivity index (χ0) is 17.5. The minimum atomic E-state index is -3.74. The Labute approximate surface area is 146 Å². The number of carboxylic acids is 1. The molecule has 1 amide bonds. The van der Waals surface area contributed by atoms with Crippen molar-refractivity contribution in [2.75, 3.05) is 10.7 Å². The minimum absolute atomic E-state index is 0.0181. The van der Waals surface area contributed by atoms with E-state index in [9.17, 15) is 18.0 Å². The number of anilines is 1. The van der Waals surface area contributed by atoms with Crippen molar-refractivity contribution in [3.8, 4) is 0 Å². The van der Waals surface area contributed by atoms with E-state index >= 15 is 0 Å². The maximum absolute atomic E-state index is 12.5. The molecular weight excluding hydrogens is 398 g/mol. The average Bonchev–Trinajstić information content (AvgIpc) is 2.76. The Morgan fingerprint density at radius 3 is 2.54 bits per heavy atom. The van der Waals surface area contributed by atoms with Crippen LogP contribution in [0, 0.1) is 0 Å². The van der Waals surface area contributed by atoms with Gasteiger partial charge in [-0.3, -0.25) is 9.69 Å². The molecule has 124 valence electrons.